The Morgan fingerprint density at radius 1 is 1.12 bits per heavy atom. The third-order valence-corrected chi connectivity index (χ3v) is 6.19. The number of methoxy groups -OCH3 is 1. The van der Waals surface area contributed by atoms with Crippen LogP contribution >= 0.6 is 0 Å². The van der Waals surface area contributed by atoms with E-state index in [-0.39, 0.29) is 11.8 Å². The van der Waals surface area contributed by atoms with Gasteiger partial charge < -0.3 is 24.4 Å². The predicted octanol–water partition coefficient (Wildman–Crippen LogP) is 2.35. The molecule has 0 saturated carbocycles. The molecule has 2 aliphatic rings. The summed E-state index contributed by atoms with van der Waals surface area (Å²) in [6, 6.07) is 3.01. The lowest BCUT2D eigenvalue weighted by Crippen LogP contribution is -2.36. The number of hydrogen-bond acceptors (Lipinski definition) is 6. The van der Waals surface area contributed by atoms with Gasteiger partial charge in [-0.3, -0.25) is 0 Å². The average molecular weight is 443 g/mol. The van der Waals surface area contributed by atoms with Crippen LogP contribution in [0.4, 0.5) is 25.1 Å². The lowest BCUT2D eigenvalue weighted by Gasteiger charge is -2.23. The van der Waals surface area contributed by atoms with Crippen molar-refractivity contribution in [3.05, 3.63) is 42.5 Å². The summed E-state index contributed by atoms with van der Waals surface area (Å²) in [7, 11) is 1.65. The first kappa shape index (κ1) is 20.6. The van der Waals surface area contributed by atoms with Crippen molar-refractivity contribution in [2.45, 2.75) is 6.54 Å². The van der Waals surface area contributed by atoms with Crippen LogP contribution in [-0.2, 0) is 11.3 Å². The molecule has 168 valence electrons. The highest BCUT2D eigenvalue weighted by Crippen LogP contribution is 2.35. The normalized spacial score (nSPS) is 20.2. The summed E-state index contributed by atoms with van der Waals surface area (Å²) in [4.78, 5) is 29.7. The number of amides is 2. The maximum Gasteiger partial charge on any atom is 0.322 e. The molecular weight excluding hydrogens is 420 g/mol. The highest BCUT2D eigenvalue weighted by Gasteiger charge is 2.42. The Labute approximate surface area is 183 Å². The Balaban J connectivity index is 1.26. The van der Waals surface area contributed by atoms with Crippen molar-refractivity contribution in [2.24, 2.45) is 11.8 Å². The average Bonchev–Trinajstić information content (AvgIpc) is 3.47. The smallest absolute Gasteiger partial charge is 0.322 e. The molecule has 2 fully saturated rings. The summed E-state index contributed by atoms with van der Waals surface area (Å²) in [5.41, 5.74) is 1.09. The van der Waals surface area contributed by atoms with Crippen LogP contribution in [0.1, 0.15) is 0 Å². The van der Waals surface area contributed by atoms with Gasteiger partial charge in [-0.2, -0.15) is 0 Å². The molecule has 2 aliphatic heterocycles. The number of benzene rings is 1. The van der Waals surface area contributed by atoms with Crippen molar-refractivity contribution >= 4 is 28.7 Å². The van der Waals surface area contributed by atoms with E-state index in [2.05, 4.69) is 25.2 Å². The molecule has 1 N–H and O–H groups in total. The van der Waals surface area contributed by atoms with Crippen LogP contribution in [0.2, 0.25) is 0 Å². The van der Waals surface area contributed by atoms with Gasteiger partial charge in [0.2, 0.25) is 0 Å². The fourth-order valence-electron chi connectivity index (χ4n) is 4.59. The van der Waals surface area contributed by atoms with Crippen molar-refractivity contribution in [3.8, 4) is 0 Å². The number of nitrogens with zero attached hydrogens (tertiary/aromatic N) is 6. The number of para-hydroxylation sites is 1. The number of ether oxygens (including phenoxy) is 1. The van der Waals surface area contributed by atoms with Crippen LogP contribution in [0, 0.1) is 23.5 Å². The van der Waals surface area contributed by atoms with Crippen molar-refractivity contribution in [1.29, 1.82) is 0 Å². The number of nitrogens with one attached hydrogen (secondary N) is 1. The molecular formula is C21H23F2N7O2. The van der Waals surface area contributed by atoms with Crippen molar-refractivity contribution in [3.63, 3.8) is 0 Å². The molecule has 2 saturated heterocycles. The molecule has 32 heavy (non-hydrogen) atoms. The zero-order valence-corrected chi connectivity index (χ0v) is 17.5. The van der Waals surface area contributed by atoms with Crippen molar-refractivity contribution < 1.29 is 18.3 Å². The van der Waals surface area contributed by atoms with Crippen molar-refractivity contribution in [2.75, 3.05) is 50.1 Å². The standard InChI is InChI=1S/C21H23F2N7O2/c1-32-6-5-28-12-26-18-19(28)24-11-25-20(18)29-7-13-9-30(10-14(13)8-29)21(31)27-17-15(22)3-2-4-16(17)23/h2-4,11-14H,5-10H2,1H3,(H,27,31). The molecule has 0 radical (unpaired) electrons. The molecule has 0 aliphatic carbocycles. The number of rotatable bonds is 5. The maximum atomic E-state index is 13.9. The van der Waals surface area contributed by atoms with Gasteiger partial charge in [-0.05, 0) is 12.1 Å². The van der Waals surface area contributed by atoms with E-state index in [9.17, 15) is 13.6 Å². The molecule has 0 spiro atoms. The fraction of sp³-hybridized carbons (Fsp3) is 0.429. The summed E-state index contributed by atoms with van der Waals surface area (Å²) in [5, 5.41) is 2.38. The fourth-order valence-corrected chi connectivity index (χ4v) is 4.59. The monoisotopic (exact) mass is 443 g/mol. The van der Waals surface area contributed by atoms with Gasteiger partial charge in [0.1, 0.15) is 23.6 Å². The topological polar surface area (TPSA) is 88.4 Å². The molecule has 4 heterocycles. The van der Waals surface area contributed by atoms with Crippen LogP contribution in [0.3, 0.4) is 0 Å². The van der Waals surface area contributed by atoms with Gasteiger partial charge in [-0.1, -0.05) is 6.07 Å². The van der Waals surface area contributed by atoms with E-state index >= 15 is 0 Å². The van der Waals surface area contributed by atoms with E-state index in [4.69, 9.17) is 4.74 Å². The number of aromatic nitrogens is 4. The second-order valence-electron chi connectivity index (χ2n) is 8.16. The molecule has 3 aromatic rings. The van der Waals surface area contributed by atoms with E-state index < -0.39 is 23.4 Å². The summed E-state index contributed by atoms with van der Waals surface area (Å²) >= 11 is 0. The van der Waals surface area contributed by atoms with Crippen LogP contribution in [0.5, 0.6) is 0 Å². The Hall–Kier alpha value is -3.34. The number of carbonyl (C=O) groups is 1. The SMILES string of the molecule is COCCn1cnc2c(N3CC4CN(C(=O)Nc5c(F)cccc5F)CC4C3)ncnc21. The number of fused-ring (bicyclic) bond motifs is 2. The van der Waals surface area contributed by atoms with E-state index in [1.54, 1.807) is 24.7 Å². The second-order valence-corrected chi connectivity index (χ2v) is 8.16. The van der Waals surface area contributed by atoms with Gasteiger partial charge in [0.15, 0.2) is 17.0 Å². The molecule has 1 aromatic carbocycles. The summed E-state index contributed by atoms with van der Waals surface area (Å²) in [6.45, 7) is 3.69. The second kappa shape index (κ2) is 8.30. The minimum Gasteiger partial charge on any atom is -0.383 e. The quantitative estimate of drug-likeness (QED) is 0.651. The lowest BCUT2D eigenvalue weighted by atomic mass is 10.0. The minimum atomic E-state index is -0.790. The Kier molecular flexibility index (Phi) is 5.33. The molecule has 2 atom stereocenters. The largest absolute Gasteiger partial charge is 0.383 e. The Bertz CT molecular complexity index is 1120. The molecule has 2 aromatic heterocycles. The molecule has 11 heteroatoms. The molecule has 0 bridgehead atoms. The summed E-state index contributed by atoms with van der Waals surface area (Å²) in [6.07, 6.45) is 3.28. The first-order chi connectivity index (χ1) is 15.5. The van der Waals surface area contributed by atoms with E-state index in [1.807, 2.05) is 4.57 Å². The highest BCUT2D eigenvalue weighted by molar-refractivity contribution is 5.90. The highest BCUT2D eigenvalue weighted by atomic mass is 19.1. The van der Waals surface area contributed by atoms with Gasteiger partial charge in [-0.25, -0.2) is 28.5 Å². The van der Waals surface area contributed by atoms with E-state index in [1.165, 1.54) is 6.07 Å². The first-order valence-corrected chi connectivity index (χ1v) is 10.4. The molecule has 2 unspecified atom stereocenters. The van der Waals surface area contributed by atoms with Gasteiger partial charge in [0, 0.05) is 51.7 Å². The van der Waals surface area contributed by atoms with Gasteiger partial charge >= 0.3 is 6.03 Å². The van der Waals surface area contributed by atoms with Crippen molar-refractivity contribution in [1.82, 2.24) is 24.4 Å². The lowest BCUT2D eigenvalue weighted by molar-refractivity contribution is 0.188. The minimum absolute atomic E-state index is 0.242. The number of carbonyl (C=O) groups excluding carboxylic acids is 1. The number of urea groups is 1. The van der Waals surface area contributed by atoms with Crippen LogP contribution in [0.25, 0.3) is 11.2 Å². The number of halogens is 2. The zero-order valence-electron chi connectivity index (χ0n) is 17.5. The third kappa shape index (κ3) is 3.62. The van der Waals surface area contributed by atoms with Gasteiger partial charge in [0.05, 0.1) is 12.9 Å². The van der Waals surface area contributed by atoms with Crippen LogP contribution in [0.15, 0.2) is 30.9 Å². The molecule has 5 rings (SSSR count). The van der Waals surface area contributed by atoms with E-state index in [0.29, 0.717) is 26.2 Å². The Morgan fingerprint density at radius 2 is 1.84 bits per heavy atom. The maximum absolute atomic E-state index is 13.9. The number of imidazole rings is 1. The number of likely N-dealkylation sites (tertiary alicyclic amines) is 1. The van der Waals surface area contributed by atoms with Crippen LogP contribution < -0.4 is 10.2 Å². The summed E-state index contributed by atoms with van der Waals surface area (Å²) in [5.74, 6) is -0.313. The summed E-state index contributed by atoms with van der Waals surface area (Å²) < 4.78 is 34.8. The Morgan fingerprint density at radius 3 is 2.53 bits per heavy atom. The molecule has 2 amide bonds. The number of hydrogen-bond donors (Lipinski definition) is 1. The van der Waals surface area contributed by atoms with Gasteiger partial charge in [0.25, 0.3) is 0 Å². The first-order valence-electron chi connectivity index (χ1n) is 10.4. The zero-order chi connectivity index (χ0) is 22.2. The predicted molar refractivity (Wildman–Crippen MR) is 113 cm³/mol. The van der Waals surface area contributed by atoms with Gasteiger partial charge in [-0.15, -0.1) is 0 Å². The van der Waals surface area contributed by atoms with Crippen LogP contribution in [-0.4, -0.2) is 70.3 Å². The van der Waals surface area contributed by atoms with E-state index in [0.717, 1.165) is 42.2 Å². The number of anilines is 2. The molecule has 9 nitrogen and oxygen atoms in total. The third-order valence-electron chi connectivity index (χ3n) is 6.19.